The summed E-state index contributed by atoms with van der Waals surface area (Å²) in [6.07, 6.45) is 11.7. The SMILES string of the molecule is C=C1C(O)=C2C(C)(C)C(=O)C(C(=O)OC)=CC2(C)c2cc(OC)ccc21.C=C1C(O)=C2C(C)(C)C(=O)C(C(=O)OC)=C[C@@]2(C)c2cc(OC)ccc21.C=C1C(O)=C2C(C)(C)C(=O)C(C(=O)OC)=C[C@]2(C)c2cc(OC)ccc21.C=C1C(O)=C2C(C)(C)C(=O)C=C[C@@]2(C)c2cc(OC)ccc21.C=C1C(O)=C2C(C)(C)C(=O)C=C[C@]2(C)c2cc(OC)ccc21. The Kier molecular flexibility index (Phi) is 22.7. The van der Waals surface area contributed by atoms with Gasteiger partial charge in [0.15, 0.2) is 28.9 Å². The van der Waals surface area contributed by atoms with E-state index in [1.54, 1.807) is 126 Å². The van der Waals surface area contributed by atoms with Crippen LogP contribution in [0.1, 0.15) is 159 Å². The summed E-state index contributed by atoms with van der Waals surface area (Å²) in [6, 6.07) is 27.8. The molecule has 15 rings (SSSR count). The first-order valence-electron chi connectivity index (χ1n) is 39.4. The average molecular weight is 1660 g/mol. The zero-order chi connectivity index (χ0) is 90.9. The van der Waals surface area contributed by atoms with Crippen molar-refractivity contribution in [3.05, 3.63) is 295 Å². The van der Waals surface area contributed by atoms with Crippen molar-refractivity contribution in [1.82, 2.24) is 0 Å². The fourth-order valence-electron chi connectivity index (χ4n) is 19.9. The first-order valence-corrected chi connectivity index (χ1v) is 39.4. The number of hydrogen-bond donors (Lipinski definition) is 5. The molecular weight excluding hydrogens is 1550 g/mol. The van der Waals surface area contributed by atoms with E-state index in [0.717, 1.165) is 67.1 Å². The second kappa shape index (κ2) is 30.9. The lowest BCUT2D eigenvalue weighted by Crippen LogP contribution is -2.46. The molecule has 0 saturated heterocycles. The zero-order valence-corrected chi connectivity index (χ0v) is 73.5. The third-order valence-electron chi connectivity index (χ3n) is 26.2. The molecule has 5 aromatic carbocycles. The fraction of sp³-hybridized carbons (Fsp3) is 0.327. The summed E-state index contributed by atoms with van der Waals surface area (Å²) >= 11 is 0. The summed E-state index contributed by atoms with van der Waals surface area (Å²) in [5.41, 5.74) is 5.32. The second-order valence-electron chi connectivity index (χ2n) is 35.2. The monoisotopic (exact) mass is 1650 g/mol. The normalized spacial score (nSPS) is 24.5. The minimum Gasteiger partial charge on any atom is -0.507 e. The van der Waals surface area contributed by atoms with Gasteiger partial charge >= 0.3 is 17.9 Å². The summed E-state index contributed by atoms with van der Waals surface area (Å²) < 4.78 is 41.2. The Bertz CT molecular complexity index is 5450. The van der Waals surface area contributed by atoms with Gasteiger partial charge in [0.25, 0.3) is 0 Å². The van der Waals surface area contributed by atoms with Crippen molar-refractivity contribution in [3.63, 3.8) is 0 Å². The third kappa shape index (κ3) is 13.4. The van der Waals surface area contributed by atoms with E-state index < -0.39 is 72.1 Å². The van der Waals surface area contributed by atoms with Gasteiger partial charge in [-0.3, -0.25) is 24.0 Å². The molecule has 0 spiro atoms. The summed E-state index contributed by atoms with van der Waals surface area (Å²) in [5.74, 6) is 0.410. The Morgan fingerprint density at radius 3 is 0.639 bits per heavy atom. The summed E-state index contributed by atoms with van der Waals surface area (Å²) in [5, 5.41) is 54.1. The van der Waals surface area contributed by atoms with Crippen molar-refractivity contribution in [2.45, 2.75) is 131 Å². The van der Waals surface area contributed by atoms with Crippen LogP contribution in [0.4, 0.5) is 0 Å². The average Bonchev–Trinajstić information content (AvgIpc) is 0.897. The number of ether oxygens (including phenoxy) is 8. The lowest BCUT2D eigenvalue weighted by atomic mass is 9.55. The van der Waals surface area contributed by atoms with Crippen molar-refractivity contribution in [2.24, 2.45) is 27.1 Å². The van der Waals surface area contributed by atoms with Crippen LogP contribution in [0.2, 0.25) is 0 Å². The van der Waals surface area contributed by atoms with Gasteiger partial charge in [-0.05, 0) is 260 Å². The Morgan fingerprint density at radius 2 is 0.459 bits per heavy atom. The number of rotatable bonds is 8. The standard InChI is InChI=1S/3C21H22O5.2C19H20O3/c3*1-11-13-8-7-12(25-5)9-15(13)21(4)10-14(19(24)26-6)18(23)20(2,3)17(21)16(11)22;2*1-11-13-7-6-12(22-5)10-14(13)19(4)9-8-15(20)18(2,3)17(19)16(11)21/h3*7-10,22H,1H2,2-6H3;2*6-10,21H,1H2,2-5H3/t2*21-;;2*19-/m10.10/s1. The van der Waals surface area contributed by atoms with E-state index in [4.69, 9.17) is 37.9 Å². The van der Waals surface area contributed by atoms with E-state index in [-0.39, 0.29) is 74.4 Å². The van der Waals surface area contributed by atoms with E-state index in [2.05, 4.69) is 32.9 Å². The fourth-order valence-corrected chi connectivity index (χ4v) is 19.9. The molecule has 21 heteroatoms. The van der Waals surface area contributed by atoms with Crippen LogP contribution in [-0.4, -0.2) is 129 Å². The molecule has 0 saturated carbocycles. The maximum absolute atomic E-state index is 13.0. The number of benzene rings is 5. The minimum absolute atomic E-state index is 0.00864. The van der Waals surface area contributed by atoms with E-state index in [9.17, 15) is 63.9 Å². The summed E-state index contributed by atoms with van der Waals surface area (Å²) in [7, 11) is 11.7. The number of fused-ring (bicyclic) bond motifs is 15. The molecule has 21 nitrogen and oxygen atoms in total. The first kappa shape index (κ1) is 89.7. The molecule has 10 aliphatic carbocycles. The van der Waals surface area contributed by atoms with Crippen LogP contribution in [0.3, 0.4) is 0 Å². The van der Waals surface area contributed by atoms with Gasteiger partial charge in [0.1, 0.15) is 74.3 Å². The third-order valence-corrected chi connectivity index (χ3v) is 26.2. The maximum Gasteiger partial charge on any atom is 0.341 e. The number of hydrogen-bond acceptors (Lipinski definition) is 21. The number of aliphatic hydroxyl groups is 5. The van der Waals surface area contributed by atoms with Crippen LogP contribution in [0.25, 0.3) is 27.9 Å². The van der Waals surface area contributed by atoms with Gasteiger partial charge in [0.05, 0.1) is 84.0 Å². The minimum atomic E-state index is -1.10. The number of esters is 3. The molecule has 0 radical (unpaired) electrons. The molecule has 5 atom stereocenters. The molecule has 122 heavy (non-hydrogen) atoms. The molecular formula is C101H106O21. The van der Waals surface area contributed by atoms with Crippen molar-refractivity contribution in [3.8, 4) is 28.7 Å². The van der Waals surface area contributed by atoms with Crippen LogP contribution in [0.5, 0.6) is 28.7 Å². The Hall–Kier alpha value is -13.0. The number of methoxy groups -OCH3 is 8. The highest BCUT2D eigenvalue weighted by Crippen LogP contribution is 2.62. The van der Waals surface area contributed by atoms with Gasteiger partial charge in [-0.2, -0.15) is 0 Å². The number of carbonyl (C=O) groups excluding carboxylic acids is 8. The van der Waals surface area contributed by atoms with Crippen LogP contribution in [0.15, 0.2) is 240 Å². The Morgan fingerprint density at radius 1 is 0.279 bits per heavy atom. The summed E-state index contributed by atoms with van der Waals surface area (Å²) in [4.78, 5) is 100. The largest absolute Gasteiger partial charge is 0.507 e. The lowest BCUT2D eigenvalue weighted by Gasteiger charge is -2.46. The van der Waals surface area contributed by atoms with E-state index >= 15 is 0 Å². The number of ketones is 5. The van der Waals surface area contributed by atoms with Crippen molar-refractivity contribution >= 4 is 74.7 Å². The Labute approximate surface area is 711 Å². The predicted molar refractivity (Wildman–Crippen MR) is 468 cm³/mol. The Balaban J connectivity index is 0.000000149. The molecule has 0 heterocycles. The molecule has 5 N–H and O–H groups in total. The van der Waals surface area contributed by atoms with E-state index in [1.165, 1.54) is 21.3 Å². The highest BCUT2D eigenvalue weighted by molar-refractivity contribution is 6.24. The van der Waals surface area contributed by atoms with Gasteiger partial charge in [0.2, 0.25) is 0 Å². The summed E-state index contributed by atoms with van der Waals surface area (Å²) in [6.45, 7) is 47.3. The second-order valence-corrected chi connectivity index (χ2v) is 35.2. The smallest absolute Gasteiger partial charge is 0.341 e. The molecule has 0 aliphatic heterocycles. The highest BCUT2D eigenvalue weighted by Gasteiger charge is 2.59. The van der Waals surface area contributed by atoms with E-state index in [1.807, 2.05) is 147 Å². The molecule has 1 unspecified atom stereocenters. The van der Waals surface area contributed by atoms with Crippen LogP contribution < -0.4 is 23.7 Å². The number of aliphatic hydroxyl groups excluding tert-OH is 5. The van der Waals surface area contributed by atoms with Crippen molar-refractivity contribution in [2.75, 3.05) is 56.9 Å². The molecule has 10 aliphatic rings. The van der Waals surface area contributed by atoms with E-state index in [0.29, 0.717) is 73.0 Å². The lowest BCUT2D eigenvalue weighted by molar-refractivity contribution is -0.140. The maximum atomic E-state index is 13.0. The first-order chi connectivity index (χ1) is 56.7. The van der Waals surface area contributed by atoms with Gasteiger partial charge in [0, 0.05) is 54.9 Å². The van der Waals surface area contributed by atoms with Crippen molar-refractivity contribution in [1.29, 1.82) is 0 Å². The van der Waals surface area contributed by atoms with Crippen LogP contribution in [-0.2, 0) is 79.6 Å². The predicted octanol–water partition coefficient (Wildman–Crippen LogP) is 18.4. The van der Waals surface area contributed by atoms with Gasteiger partial charge in [-0.1, -0.05) is 93.6 Å². The number of carbonyl (C=O) groups is 8. The molecule has 0 bridgehead atoms. The number of Topliss-reactive ketones (excluding diaryl/α,β-unsaturated/α-hetero) is 3. The van der Waals surface area contributed by atoms with Crippen LogP contribution in [0, 0.1) is 27.1 Å². The number of allylic oxidation sites excluding steroid dienone is 17. The molecule has 0 fully saturated rings. The van der Waals surface area contributed by atoms with Gasteiger partial charge in [-0.15, -0.1) is 0 Å². The highest BCUT2D eigenvalue weighted by atomic mass is 16.5. The molecule has 5 aromatic rings. The molecule has 636 valence electrons. The zero-order valence-electron chi connectivity index (χ0n) is 73.5. The van der Waals surface area contributed by atoms with Crippen LogP contribution >= 0.6 is 0 Å². The van der Waals surface area contributed by atoms with Gasteiger partial charge < -0.3 is 63.4 Å². The van der Waals surface area contributed by atoms with Gasteiger partial charge in [-0.25, -0.2) is 14.4 Å². The molecule has 0 amide bonds. The van der Waals surface area contributed by atoms with Crippen molar-refractivity contribution < 1.29 is 102 Å². The quantitative estimate of drug-likeness (QED) is 0.0547. The topological polar surface area (TPSA) is 312 Å². The molecule has 0 aromatic heterocycles.